The van der Waals surface area contributed by atoms with E-state index in [1.54, 1.807) is 12.1 Å². The number of carbonyl (C=O) groups excluding carboxylic acids is 1. The second kappa shape index (κ2) is 3.67. The second-order valence-corrected chi connectivity index (χ2v) is 3.22. The Morgan fingerprint density at radius 1 is 1.36 bits per heavy atom. The minimum atomic E-state index is -0.787. The smallest absolute Gasteiger partial charge is 0.409 e. The lowest BCUT2D eigenvalue weighted by atomic mass is 9.98. The van der Waals surface area contributed by atoms with Gasteiger partial charge in [0.15, 0.2) is 0 Å². The van der Waals surface area contributed by atoms with Crippen LogP contribution in [-0.4, -0.2) is 19.3 Å². The van der Waals surface area contributed by atoms with Crippen molar-refractivity contribution in [3.63, 3.8) is 0 Å². The summed E-state index contributed by atoms with van der Waals surface area (Å²) < 4.78 is 9.79. The van der Waals surface area contributed by atoms with E-state index in [2.05, 4.69) is 0 Å². The lowest BCUT2D eigenvalue weighted by Crippen LogP contribution is -2.24. The first-order valence-corrected chi connectivity index (χ1v) is 4.40. The normalized spacial score (nSPS) is 16.0. The zero-order valence-electron chi connectivity index (χ0n) is 7.60. The molecule has 4 nitrogen and oxygen atoms in total. The van der Waals surface area contributed by atoms with Gasteiger partial charge in [-0.25, -0.2) is 4.79 Å². The quantitative estimate of drug-likeness (QED) is 0.769. The molecular formula is C10H11NO3. The van der Waals surface area contributed by atoms with E-state index in [1.807, 2.05) is 12.1 Å². The molecule has 0 bridgehead atoms. The molecule has 0 spiro atoms. The van der Waals surface area contributed by atoms with Crippen molar-refractivity contribution in [2.24, 2.45) is 5.73 Å². The molecule has 0 aliphatic carbocycles. The predicted molar refractivity (Wildman–Crippen MR) is 50.2 cm³/mol. The number of nitrogens with two attached hydrogens (primary N) is 1. The van der Waals surface area contributed by atoms with Crippen LogP contribution in [0, 0.1) is 0 Å². The van der Waals surface area contributed by atoms with Gasteiger partial charge in [0, 0.05) is 5.92 Å². The molecule has 74 valence electrons. The van der Waals surface area contributed by atoms with Crippen LogP contribution in [0.15, 0.2) is 24.3 Å². The van der Waals surface area contributed by atoms with Gasteiger partial charge in [-0.3, -0.25) is 0 Å². The minimum absolute atomic E-state index is 0.474. The topological polar surface area (TPSA) is 61.6 Å². The Labute approximate surface area is 81.6 Å². The van der Waals surface area contributed by atoms with E-state index >= 15 is 0 Å². The predicted octanol–water partition coefficient (Wildman–Crippen LogP) is 1.26. The first kappa shape index (κ1) is 9.02. The molecule has 1 amide bonds. The third kappa shape index (κ3) is 1.85. The Morgan fingerprint density at radius 2 is 2.00 bits per heavy atom. The fourth-order valence-corrected chi connectivity index (χ4v) is 1.35. The second-order valence-electron chi connectivity index (χ2n) is 3.22. The Morgan fingerprint density at radius 3 is 2.43 bits per heavy atom. The van der Waals surface area contributed by atoms with E-state index in [9.17, 15) is 4.79 Å². The zero-order valence-corrected chi connectivity index (χ0v) is 7.60. The highest BCUT2D eigenvalue weighted by Crippen LogP contribution is 2.25. The minimum Gasteiger partial charge on any atom is -0.411 e. The largest absolute Gasteiger partial charge is 0.411 e. The van der Waals surface area contributed by atoms with Crippen LogP contribution in [0.4, 0.5) is 4.79 Å². The van der Waals surface area contributed by atoms with Crippen LogP contribution in [-0.2, 0) is 4.74 Å². The summed E-state index contributed by atoms with van der Waals surface area (Å²) in [6.45, 7) is 1.55. The summed E-state index contributed by atoms with van der Waals surface area (Å²) in [4.78, 5) is 10.4. The summed E-state index contributed by atoms with van der Waals surface area (Å²) in [5.74, 6) is 0.958. The van der Waals surface area contributed by atoms with Crippen molar-refractivity contribution < 1.29 is 14.3 Å². The SMILES string of the molecule is NC(=O)Oc1ccc(C2COC2)cc1. The van der Waals surface area contributed by atoms with Crippen molar-refractivity contribution in [3.8, 4) is 5.75 Å². The number of hydrogen-bond acceptors (Lipinski definition) is 3. The van der Waals surface area contributed by atoms with E-state index in [4.69, 9.17) is 15.2 Å². The summed E-state index contributed by atoms with van der Waals surface area (Å²) >= 11 is 0. The molecule has 1 fully saturated rings. The van der Waals surface area contributed by atoms with Crippen LogP contribution in [0.2, 0.25) is 0 Å². The van der Waals surface area contributed by atoms with Crippen molar-refractivity contribution in [2.45, 2.75) is 5.92 Å². The molecule has 1 aliphatic heterocycles. The molecule has 1 aromatic carbocycles. The van der Waals surface area contributed by atoms with Gasteiger partial charge in [0.1, 0.15) is 5.75 Å². The van der Waals surface area contributed by atoms with Crippen molar-refractivity contribution in [1.82, 2.24) is 0 Å². The van der Waals surface area contributed by atoms with Crippen LogP contribution in [0.5, 0.6) is 5.75 Å². The molecule has 0 atom stereocenters. The average Bonchev–Trinajstić information content (AvgIpc) is 2.04. The number of hydrogen-bond donors (Lipinski definition) is 1. The van der Waals surface area contributed by atoms with Gasteiger partial charge in [0.2, 0.25) is 0 Å². The van der Waals surface area contributed by atoms with Crippen LogP contribution < -0.4 is 10.5 Å². The van der Waals surface area contributed by atoms with Crippen molar-refractivity contribution >= 4 is 6.09 Å². The first-order valence-electron chi connectivity index (χ1n) is 4.40. The molecule has 0 saturated carbocycles. The lowest BCUT2D eigenvalue weighted by molar-refractivity contribution is 0.00840. The highest BCUT2D eigenvalue weighted by atomic mass is 16.5. The average molecular weight is 193 g/mol. The molecule has 0 radical (unpaired) electrons. The highest BCUT2D eigenvalue weighted by molar-refractivity contribution is 5.68. The molecule has 1 saturated heterocycles. The van der Waals surface area contributed by atoms with E-state index in [1.165, 1.54) is 5.56 Å². The van der Waals surface area contributed by atoms with E-state index in [0.29, 0.717) is 11.7 Å². The molecular weight excluding hydrogens is 182 g/mol. The molecule has 4 heteroatoms. The monoisotopic (exact) mass is 193 g/mol. The number of rotatable bonds is 2. The third-order valence-corrected chi connectivity index (χ3v) is 2.21. The number of carbonyl (C=O) groups is 1. The molecule has 0 aromatic heterocycles. The maximum absolute atomic E-state index is 10.4. The molecule has 14 heavy (non-hydrogen) atoms. The molecule has 0 unspecified atom stereocenters. The highest BCUT2D eigenvalue weighted by Gasteiger charge is 2.20. The molecule has 1 aromatic rings. The summed E-state index contributed by atoms with van der Waals surface area (Å²) in [6, 6.07) is 7.31. The summed E-state index contributed by atoms with van der Waals surface area (Å²) in [6.07, 6.45) is -0.787. The Hall–Kier alpha value is -1.55. The van der Waals surface area contributed by atoms with Gasteiger partial charge in [-0.05, 0) is 17.7 Å². The van der Waals surface area contributed by atoms with E-state index in [-0.39, 0.29) is 0 Å². The lowest BCUT2D eigenvalue weighted by Gasteiger charge is -2.26. The van der Waals surface area contributed by atoms with Crippen LogP contribution in [0.1, 0.15) is 11.5 Å². The maximum atomic E-state index is 10.4. The van der Waals surface area contributed by atoms with Gasteiger partial charge in [-0.1, -0.05) is 12.1 Å². The first-order chi connectivity index (χ1) is 6.75. The van der Waals surface area contributed by atoms with Crippen LogP contribution in [0.25, 0.3) is 0 Å². The van der Waals surface area contributed by atoms with Crippen LogP contribution in [0.3, 0.4) is 0 Å². The van der Waals surface area contributed by atoms with E-state index in [0.717, 1.165) is 13.2 Å². The van der Waals surface area contributed by atoms with Crippen molar-refractivity contribution in [3.05, 3.63) is 29.8 Å². The molecule has 2 N–H and O–H groups in total. The number of benzene rings is 1. The standard InChI is InChI=1S/C10H11NO3/c11-10(12)14-9-3-1-7(2-4-9)8-5-13-6-8/h1-4,8H,5-6H2,(H2,11,12). The van der Waals surface area contributed by atoms with Gasteiger partial charge in [0.25, 0.3) is 0 Å². The Balaban J connectivity index is 2.05. The maximum Gasteiger partial charge on any atom is 0.409 e. The number of primary amides is 1. The van der Waals surface area contributed by atoms with Gasteiger partial charge in [-0.15, -0.1) is 0 Å². The third-order valence-electron chi connectivity index (χ3n) is 2.21. The Kier molecular flexibility index (Phi) is 2.37. The van der Waals surface area contributed by atoms with Gasteiger partial charge in [0.05, 0.1) is 13.2 Å². The zero-order chi connectivity index (χ0) is 9.97. The molecule has 2 rings (SSSR count). The van der Waals surface area contributed by atoms with Crippen molar-refractivity contribution in [1.29, 1.82) is 0 Å². The summed E-state index contributed by atoms with van der Waals surface area (Å²) in [5, 5.41) is 0. The van der Waals surface area contributed by atoms with Crippen LogP contribution >= 0.6 is 0 Å². The summed E-state index contributed by atoms with van der Waals surface area (Å²) in [7, 11) is 0. The van der Waals surface area contributed by atoms with Gasteiger partial charge < -0.3 is 15.2 Å². The van der Waals surface area contributed by atoms with Gasteiger partial charge >= 0.3 is 6.09 Å². The van der Waals surface area contributed by atoms with E-state index < -0.39 is 6.09 Å². The Bertz CT molecular complexity index is 330. The number of ether oxygens (including phenoxy) is 2. The van der Waals surface area contributed by atoms with Gasteiger partial charge in [-0.2, -0.15) is 0 Å². The fraction of sp³-hybridized carbons (Fsp3) is 0.300. The number of amides is 1. The summed E-state index contributed by atoms with van der Waals surface area (Å²) in [5.41, 5.74) is 6.08. The molecule has 1 heterocycles. The molecule has 1 aliphatic rings. The van der Waals surface area contributed by atoms with Crippen molar-refractivity contribution in [2.75, 3.05) is 13.2 Å². The fourth-order valence-electron chi connectivity index (χ4n) is 1.35.